The number of hydrogen-bond acceptors (Lipinski definition) is 3. The van der Waals surface area contributed by atoms with Gasteiger partial charge in [-0.1, -0.05) is 18.5 Å². The van der Waals surface area contributed by atoms with Crippen LogP contribution in [0.2, 0.25) is 5.02 Å². The molecule has 1 aromatic carbocycles. The van der Waals surface area contributed by atoms with Crippen molar-refractivity contribution in [3.05, 3.63) is 41.1 Å². The second-order valence-electron chi connectivity index (χ2n) is 3.90. The van der Waals surface area contributed by atoms with Gasteiger partial charge in [0.05, 0.1) is 18.7 Å². The van der Waals surface area contributed by atoms with Crippen LogP contribution in [0.3, 0.4) is 0 Å². The molecule has 3 nitrogen and oxygen atoms in total. The maximum Gasteiger partial charge on any atom is 0.138 e. The Morgan fingerprint density at radius 1 is 1.28 bits per heavy atom. The summed E-state index contributed by atoms with van der Waals surface area (Å²) in [4.78, 5) is 0. The molecule has 0 saturated heterocycles. The normalized spacial score (nSPS) is 10.6. The second-order valence-corrected chi connectivity index (χ2v) is 4.30. The van der Waals surface area contributed by atoms with Gasteiger partial charge in [-0.05, 0) is 36.9 Å². The lowest BCUT2D eigenvalue weighted by atomic mass is 10.1. The van der Waals surface area contributed by atoms with Gasteiger partial charge in [0.15, 0.2) is 0 Å². The number of ether oxygens (including phenoxy) is 1. The van der Waals surface area contributed by atoms with Crippen molar-refractivity contribution in [1.29, 1.82) is 0 Å². The Kier molecular flexibility index (Phi) is 4.28. The Labute approximate surface area is 112 Å². The van der Waals surface area contributed by atoms with E-state index >= 15 is 0 Å². The topological polar surface area (TPSA) is 34.4 Å². The van der Waals surface area contributed by atoms with Crippen molar-refractivity contribution in [3.63, 3.8) is 0 Å². The van der Waals surface area contributed by atoms with E-state index in [-0.39, 0.29) is 0 Å². The highest BCUT2D eigenvalue weighted by Crippen LogP contribution is 2.31. The van der Waals surface area contributed by atoms with Crippen LogP contribution in [0.1, 0.15) is 12.7 Å². The first-order valence-corrected chi connectivity index (χ1v) is 6.25. The molecule has 0 aliphatic carbocycles. The van der Waals surface area contributed by atoms with Gasteiger partial charge in [-0.2, -0.15) is 0 Å². The smallest absolute Gasteiger partial charge is 0.138 e. The molecular formula is C14H16ClNO2. The van der Waals surface area contributed by atoms with Crippen LogP contribution >= 0.6 is 11.6 Å². The summed E-state index contributed by atoms with van der Waals surface area (Å²) in [5, 5.41) is 3.82. The Hall–Kier alpha value is -1.45. The van der Waals surface area contributed by atoms with E-state index < -0.39 is 0 Å². The van der Waals surface area contributed by atoms with Crippen molar-refractivity contribution in [2.75, 3.05) is 13.7 Å². The SMILES string of the molecule is CCNCc1ccc(-c2ccc(Cl)c(OC)c2)o1. The molecule has 0 atom stereocenters. The van der Waals surface area contributed by atoms with Crippen LogP contribution in [0.4, 0.5) is 0 Å². The van der Waals surface area contributed by atoms with E-state index in [4.69, 9.17) is 20.8 Å². The monoisotopic (exact) mass is 265 g/mol. The number of nitrogens with one attached hydrogen (secondary N) is 1. The molecule has 1 N–H and O–H groups in total. The number of furan rings is 1. The highest BCUT2D eigenvalue weighted by atomic mass is 35.5. The van der Waals surface area contributed by atoms with Crippen LogP contribution in [0.15, 0.2) is 34.7 Å². The maximum absolute atomic E-state index is 5.99. The number of hydrogen-bond donors (Lipinski definition) is 1. The van der Waals surface area contributed by atoms with Gasteiger partial charge < -0.3 is 14.5 Å². The number of benzene rings is 1. The third-order valence-electron chi connectivity index (χ3n) is 2.65. The summed E-state index contributed by atoms with van der Waals surface area (Å²) < 4.78 is 10.9. The summed E-state index contributed by atoms with van der Waals surface area (Å²) in [7, 11) is 1.60. The van der Waals surface area contributed by atoms with E-state index in [0.29, 0.717) is 10.8 Å². The molecule has 0 radical (unpaired) electrons. The zero-order valence-electron chi connectivity index (χ0n) is 10.5. The molecule has 0 unspecified atom stereocenters. The first kappa shape index (κ1) is 13.0. The van der Waals surface area contributed by atoms with Gasteiger partial charge in [-0.25, -0.2) is 0 Å². The minimum Gasteiger partial charge on any atom is -0.495 e. The molecule has 0 aliphatic heterocycles. The van der Waals surface area contributed by atoms with Crippen molar-refractivity contribution in [3.8, 4) is 17.1 Å². The van der Waals surface area contributed by atoms with E-state index in [1.54, 1.807) is 7.11 Å². The molecule has 18 heavy (non-hydrogen) atoms. The van der Waals surface area contributed by atoms with Crippen LogP contribution in [0.5, 0.6) is 5.75 Å². The standard InChI is InChI=1S/C14H16ClNO2/c1-3-16-9-11-5-7-13(18-11)10-4-6-12(15)14(8-10)17-2/h4-8,16H,3,9H2,1-2H3. The summed E-state index contributed by atoms with van der Waals surface area (Å²) in [6.45, 7) is 3.72. The predicted molar refractivity (Wildman–Crippen MR) is 73.1 cm³/mol. The number of methoxy groups -OCH3 is 1. The van der Waals surface area contributed by atoms with Crippen molar-refractivity contribution in [2.24, 2.45) is 0 Å². The minimum atomic E-state index is 0.598. The van der Waals surface area contributed by atoms with Crippen LogP contribution in [0.25, 0.3) is 11.3 Å². The summed E-state index contributed by atoms with van der Waals surface area (Å²) in [5.74, 6) is 2.39. The Bertz CT molecular complexity index is 522. The van der Waals surface area contributed by atoms with Gasteiger partial charge >= 0.3 is 0 Å². The first-order chi connectivity index (χ1) is 8.74. The molecular weight excluding hydrogens is 250 g/mol. The van der Waals surface area contributed by atoms with Crippen LogP contribution in [-0.2, 0) is 6.54 Å². The highest BCUT2D eigenvalue weighted by Gasteiger charge is 2.08. The average Bonchev–Trinajstić information content (AvgIpc) is 2.85. The van der Waals surface area contributed by atoms with Gasteiger partial charge in [0.25, 0.3) is 0 Å². The van der Waals surface area contributed by atoms with Crippen molar-refractivity contribution in [1.82, 2.24) is 5.32 Å². The fourth-order valence-corrected chi connectivity index (χ4v) is 1.88. The molecule has 1 heterocycles. The van der Waals surface area contributed by atoms with E-state index in [9.17, 15) is 0 Å². The maximum atomic E-state index is 5.99. The Morgan fingerprint density at radius 3 is 2.83 bits per heavy atom. The van der Waals surface area contributed by atoms with E-state index in [2.05, 4.69) is 12.2 Å². The van der Waals surface area contributed by atoms with E-state index in [1.165, 1.54) is 0 Å². The second kappa shape index (κ2) is 5.94. The lowest BCUT2D eigenvalue weighted by Gasteiger charge is -2.04. The molecule has 0 fully saturated rings. The average molecular weight is 266 g/mol. The summed E-state index contributed by atoms with van der Waals surface area (Å²) in [6.07, 6.45) is 0. The van der Waals surface area contributed by atoms with E-state index in [1.807, 2.05) is 30.3 Å². The Morgan fingerprint density at radius 2 is 2.11 bits per heavy atom. The fraction of sp³-hybridized carbons (Fsp3) is 0.286. The van der Waals surface area contributed by atoms with Gasteiger partial charge in [0, 0.05) is 5.56 Å². The van der Waals surface area contributed by atoms with Crippen LogP contribution < -0.4 is 10.1 Å². The molecule has 0 amide bonds. The lowest BCUT2D eigenvalue weighted by Crippen LogP contribution is -2.10. The Balaban J connectivity index is 2.23. The van der Waals surface area contributed by atoms with Crippen molar-refractivity contribution >= 4 is 11.6 Å². The zero-order valence-corrected chi connectivity index (χ0v) is 11.3. The van der Waals surface area contributed by atoms with Crippen molar-refractivity contribution < 1.29 is 9.15 Å². The molecule has 0 aliphatic rings. The first-order valence-electron chi connectivity index (χ1n) is 5.88. The highest BCUT2D eigenvalue weighted by molar-refractivity contribution is 6.32. The largest absolute Gasteiger partial charge is 0.495 e. The molecule has 0 saturated carbocycles. The summed E-state index contributed by atoms with van der Waals surface area (Å²) in [5.41, 5.74) is 0.957. The molecule has 1 aromatic heterocycles. The van der Waals surface area contributed by atoms with E-state index in [0.717, 1.165) is 30.2 Å². The van der Waals surface area contributed by atoms with Gasteiger partial charge in [0.2, 0.25) is 0 Å². The molecule has 2 aromatic rings. The van der Waals surface area contributed by atoms with Crippen molar-refractivity contribution in [2.45, 2.75) is 13.5 Å². The van der Waals surface area contributed by atoms with Gasteiger partial charge in [-0.3, -0.25) is 0 Å². The summed E-state index contributed by atoms with van der Waals surface area (Å²) in [6, 6.07) is 9.52. The molecule has 0 bridgehead atoms. The van der Waals surface area contributed by atoms with Crippen LogP contribution in [0, 0.1) is 0 Å². The van der Waals surface area contributed by atoms with Crippen LogP contribution in [-0.4, -0.2) is 13.7 Å². The number of halogens is 1. The molecule has 0 spiro atoms. The molecule has 4 heteroatoms. The van der Waals surface area contributed by atoms with Gasteiger partial charge in [0.1, 0.15) is 17.3 Å². The fourth-order valence-electron chi connectivity index (χ4n) is 1.69. The third-order valence-corrected chi connectivity index (χ3v) is 2.96. The van der Waals surface area contributed by atoms with Gasteiger partial charge in [-0.15, -0.1) is 0 Å². The molecule has 2 rings (SSSR count). The quantitative estimate of drug-likeness (QED) is 0.895. The predicted octanol–water partition coefficient (Wildman–Crippen LogP) is 3.72. The third kappa shape index (κ3) is 2.86. The molecule has 96 valence electrons. The minimum absolute atomic E-state index is 0.598. The summed E-state index contributed by atoms with van der Waals surface area (Å²) >= 11 is 5.99. The number of rotatable bonds is 5. The lowest BCUT2D eigenvalue weighted by molar-refractivity contribution is 0.415. The zero-order chi connectivity index (χ0) is 13.0.